The summed E-state index contributed by atoms with van der Waals surface area (Å²) in [5, 5.41) is 12.1. The zero-order valence-corrected chi connectivity index (χ0v) is 9.84. The fraction of sp³-hybridized carbons (Fsp3) is 0.143. The van der Waals surface area contributed by atoms with Crippen molar-refractivity contribution in [2.24, 2.45) is 0 Å². The molecule has 4 nitrogen and oxygen atoms in total. The van der Waals surface area contributed by atoms with E-state index in [0.29, 0.717) is 6.54 Å². The molecule has 1 aromatic heterocycles. The monoisotopic (exact) mass is 242 g/mol. The second kappa shape index (κ2) is 5.82. The van der Waals surface area contributed by atoms with Crippen LogP contribution in [0.5, 0.6) is 5.75 Å². The van der Waals surface area contributed by atoms with Crippen LogP contribution in [0.15, 0.2) is 48.8 Å². The molecule has 2 aromatic rings. The summed E-state index contributed by atoms with van der Waals surface area (Å²) in [5.41, 5.74) is 1.80. The predicted octanol–water partition coefficient (Wildman–Crippen LogP) is 1.65. The Kier molecular flexibility index (Phi) is 3.91. The molecule has 18 heavy (non-hydrogen) atoms. The van der Waals surface area contributed by atoms with Gasteiger partial charge in [-0.1, -0.05) is 12.1 Å². The Morgan fingerprint density at radius 1 is 1.17 bits per heavy atom. The van der Waals surface area contributed by atoms with Gasteiger partial charge in [0.15, 0.2) is 0 Å². The van der Waals surface area contributed by atoms with Crippen molar-refractivity contribution < 1.29 is 9.90 Å². The quantitative estimate of drug-likeness (QED) is 0.856. The summed E-state index contributed by atoms with van der Waals surface area (Å²) in [6, 6.07) is 10.4. The number of aromatic nitrogens is 1. The molecule has 0 bridgehead atoms. The molecule has 1 amide bonds. The van der Waals surface area contributed by atoms with Crippen LogP contribution in [-0.4, -0.2) is 16.0 Å². The highest BCUT2D eigenvalue weighted by atomic mass is 16.3. The lowest BCUT2D eigenvalue weighted by atomic mass is 10.1. The van der Waals surface area contributed by atoms with Crippen LogP contribution in [-0.2, 0) is 17.8 Å². The van der Waals surface area contributed by atoms with Crippen LogP contribution in [0.25, 0.3) is 0 Å². The van der Waals surface area contributed by atoms with Crippen LogP contribution >= 0.6 is 0 Å². The fourth-order valence-corrected chi connectivity index (χ4v) is 1.62. The molecule has 0 aliphatic carbocycles. The number of rotatable bonds is 4. The molecule has 0 saturated heterocycles. The van der Waals surface area contributed by atoms with Crippen molar-refractivity contribution in [3.05, 3.63) is 59.9 Å². The van der Waals surface area contributed by atoms with Gasteiger partial charge >= 0.3 is 0 Å². The van der Waals surface area contributed by atoms with Gasteiger partial charge in [-0.05, 0) is 35.4 Å². The number of pyridine rings is 1. The first-order valence-corrected chi connectivity index (χ1v) is 5.67. The van der Waals surface area contributed by atoms with E-state index in [-0.39, 0.29) is 18.1 Å². The average Bonchev–Trinajstić information content (AvgIpc) is 2.38. The smallest absolute Gasteiger partial charge is 0.224 e. The number of aromatic hydroxyl groups is 1. The average molecular weight is 242 g/mol. The molecule has 1 aromatic carbocycles. The van der Waals surface area contributed by atoms with Gasteiger partial charge in [-0.2, -0.15) is 0 Å². The van der Waals surface area contributed by atoms with Gasteiger partial charge in [0.1, 0.15) is 5.75 Å². The van der Waals surface area contributed by atoms with E-state index in [1.807, 2.05) is 18.2 Å². The molecule has 2 rings (SSSR count). The molecule has 0 unspecified atom stereocenters. The largest absolute Gasteiger partial charge is 0.508 e. The van der Waals surface area contributed by atoms with Gasteiger partial charge in [0.25, 0.3) is 0 Å². The Bertz CT molecular complexity index is 526. The van der Waals surface area contributed by atoms with Crippen molar-refractivity contribution in [2.75, 3.05) is 0 Å². The molecule has 1 heterocycles. The highest BCUT2D eigenvalue weighted by molar-refractivity contribution is 5.78. The lowest BCUT2D eigenvalue weighted by Crippen LogP contribution is -2.24. The minimum Gasteiger partial charge on any atom is -0.508 e. The molecule has 0 atom stereocenters. The summed E-state index contributed by atoms with van der Waals surface area (Å²) in [5.74, 6) is 0.104. The lowest BCUT2D eigenvalue weighted by molar-refractivity contribution is -0.120. The molecule has 0 fully saturated rings. The SMILES string of the molecule is O=C(Cc1cccc(O)c1)NCc1ccncc1. The van der Waals surface area contributed by atoms with Crippen LogP contribution in [0.2, 0.25) is 0 Å². The maximum atomic E-state index is 11.7. The Labute approximate surface area is 105 Å². The van der Waals surface area contributed by atoms with Gasteiger partial charge < -0.3 is 10.4 Å². The van der Waals surface area contributed by atoms with E-state index in [9.17, 15) is 9.90 Å². The van der Waals surface area contributed by atoms with E-state index in [0.717, 1.165) is 11.1 Å². The number of phenols is 1. The zero-order valence-electron chi connectivity index (χ0n) is 9.84. The topological polar surface area (TPSA) is 62.2 Å². The minimum atomic E-state index is -0.0718. The van der Waals surface area contributed by atoms with E-state index in [1.165, 1.54) is 0 Å². The van der Waals surface area contributed by atoms with Crippen LogP contribution in [0.4, 0.5) is 0 Å². The Balaban J connectivity index is 1.86. The molecule has 0 aliphatic heterocycles. The normalized spacial score (nSPS) is 10.0. The number of benzene rings is 1. The predicted molar refractivity (Wildman–Crippen MR) is 67.9 cm³/mol. The number of amides is 1. The Morgan fingerprint density at radius 3 is 2.67 bits per heavy atom. The van der Waals surface area contributed by atoms with Crippen molar-refractivity contribution in [2.45, 2.75) is 13.0 Å². The summed E-state index contributed by atoms with van der Waals surface area (Å²) in [6.07, 6.45) is 3.65. The maximum Gasteiger partial charge on any atom is 0.224 e. The van der Waals surface area contributed by atoms with Gasteiger partial charge in [0, 0.05) is 18.9 Å². The first-order valence-electron chi connectivity index (χ1n) is 5.67. The van der Waals surface area contributed by atoms with Gasteiger partial charge in [0.05, 0.1) is 6.42 Å². The van der Waals surface area contributed by atoms with Crippen LogP contribution < -0.4 is 5.32 Å². The molecular weight excluding hydrogens is 228 g/mol. The molecule has 0 radical (unpaired) electrons. The van der Waals surface area contributed by atoms with E-state index >= 15 is 0 Å². The van der Waals surface area contributed by atoms with Crippen LogP contribution in [0.3, 0.4) is 0 Å². The molecule has 2 N–H and O–H groups in total. The lowest BCUT2D eigenvalue weighted by Gasteiger charge is -2.05. The number of hydrogen-bond donors (Lipinski definition) is 2. The minimum absolute atomic E-state index is 0.0718. The number of carbonyl (C=O) groups excluding carboxylic acids is 1. The van der Waals surface area contributed by atoms with Crippen molar-refractivity contribution in [1.29, 1.82) is 0 Å². The van der Waals surface area contributed by atoms with Crippen LogP contribution in [0, 0.1) is 0 Å². The summed E-state index contributed by atoms with van der Waals surface area (Å²) in [6.45, 7) is 0.486. The third-order valence-corrected chi connectivity index (χ3v) is 2.51. The number of nitrogens with one attached hydrogen (secondary N) is 1. The Hall–Kier alpha value is -2.36. The van der Waals surface area contributed by atoms with E-state index in [1.54, 1.807) is 30.6 Å². The van der Waals surface area contributed by atoms with Crippen molar-refractivity contribution in [1.82, 2.24) is 10.3 Å². The second-order valence-corrected chi connectivity index (χ2v) is 3.98. The third-order valence-electron chi connectivity index (χ3n) is 2.51. The summed E-state index contributed by atoms with van der Waals surface area (Å²) in [4.78, 5) is 15.6. The van der Waals surface area contributed by atoms with Gasteiger partial charge in [-0.25, -0.2) is 0 Å². The highest BCUT2D eigenvalue weighted by Crippen LogP contribution is 2.11. The van der Waals surface area contributed by atoms with E-state index in [4.69, 9.17) is 0 Å². The van der Waals surface area contributed by atoms with Gasteiger partial charge in [-0.15, -0.1) is 0 Å². The fourth-order valence-electron chi connectivity index (χ4n) is 1.62. The Morgan fingerprint density at radius 2 is 1.94 bits per heavy atom. The number of carbonyl (C=O) groups is 1. The highest BCUT2D eigenvalue weighted by Gasteiger charge is 2.03. The molecule has 92 valence electrons. The molecular formula is C14H14N2O2. The van der Waals surface area contributed by atoms with Crippen molar-refractivity contribution >= 4 is 5.91 Å². The maximum absolute atomic E-state index is 11.7. The van der Waals surface area contributed by atoms with E-state index in [2.05, 4.69) is 10.3 Å². The molecule has 0 saturated carbocycles. The standard InChI is InChI=1S/C14H14N2O2/c17-13-3-1-2-12(8-13)9-14(18)16-10-11-4-6-15-7-5-11/h1-8,17H,9-10H2,(H,16,18). The van der Waals surface area contributed by atoms with Crippen LogP contribution in [0.1, 0.15) is 11.1 Å². The van der Waals surface area contributed by atoms with Crippen molar-refractivity contribution in [3.63, 3.8) is 0 Å². The van der Waals surface area contributed by atoms with Crippen molar-refractivity contribution in [3.8, 4) is 5.75 Å². The molecule has 4 heteroatoms. The summed E-state index contributed by atoms with van der Waals surface area (Å²) < 4.78 is 0. The molecule has 0 spiro atoms. The van der Waals surface area contributed by atoms with E-state index < -0.39 is 0 Å². The summed E-state index contributed by atoms with van der Waals surface area (Å²) >= 11 is 0. The second-order valence-electron chi connectivity index (χ2n) is 3.98. The summed E-state index contributed by atoms with van der Waals surface area (Å²) in [7, 11) is 0. The third kappa shape index (κ3) is 3.59. The number of hydrogen-bond acceptors (Lipinski definition) is 3. The zero-order chi connectivity index (χ0) is 12.8. The first-order chi connectivity index (χ1) is 8.74. The van der Waals surface area contributed by atoms with Gasteiger partial charge in [0.2, 0.25) is 5.91 Å². The number of phenolic OH excluding ortho intramolecular Hbond substituents is 1. The van der Waals surface area contributed by atoms with Gasteiger partial charge in [-0.3, -0.25) is 9.78 Å². The first kappa shape index (κ1) is 12.1. The number of nitrogens with zero attached hydrogens (tertiary/aromatic N) is 1. The molecule has 0 aliphatic rings.